The molecule has 0 saturated carbocycles. The van der Waals surface area contributed by atoms with Gasteiger partial charge in [-0.15, -0.1) is 0 Å². The molecule has 7 nitrogen and oxygen atoms in total. The lowest BCUT2D eigenvalue weighted by Gasteiger charge is -2.03. The van der Waals surface area contributed by atoms with Crippen LogP contribution < -0.4 is 10.3 Å². The third-order valence-corrected chi connectivity index (χ3v) is 4.80. The topological polar surface area (TPSA) is 85.7 Å². The molecule has 0 unspecified atom stereocenters. The Morgan fingerprint density at radius 2 is 1.77 bits per heavy atom. The number of hydrogen-bond donors (Lipinski definition) is 1. The molecule has 156 valence electrons. The molecule has 3 aromatic rings. The first-order valence-electron chi connectivity index (χ1n) is 9.64. The molecule has 0 amide bonds. The molecule has 0 aliphatic rings. The van der Waals surface area contributed by atoms with E-state index in [4.69, 9.17) is 9.47 Å². The van der Waals surface area contributed by atoms with E-state index in [9.17, 15) is 9.59 Å². The zero-order chi connectivity index (χ0) is 21.5. The van der Waals surface area contributed by atoms with Gasteiger partial charge in [-0.25, -0.2) is 4.68 Å². The number of carbonyl (C=O) groups is 1. The molecule has 0 fully saturated rings. The summed E-state index contributed by atoms with van der Waals surface area (Å²) in [5, 5.41) is 3.04. The third-order valence-electron chi connectivity index (χ3n) is 4.80. The van der Waals surface area contributed by atoms with Gasteiger partial charge in [0.2, 0.25) is 0 Å². The van der Waals surface area contributed by atoms with Crippen molar-refractivity contribution in [3.8, 4) is 11.4 Å². The highest BCUT2D eigenvalue weighted by Crippen LogP contribution is 2.15. The van der Waals surface area contributed by atoms with Crippen LogP contribution in [0.4, 0.5) is 0 Å². The van der Waals surface area contributed by atoms with Crippen molar-refractivity contribution in [3.05, 3.63) is 81.8 Å². The molecule has 1 N–H and O–H groups in total. The first-order chi connectivity index (χ1) is 14.5. The number of benzene rings is 2. The SMILES string of the molecule is COC(=O)Cc1[nH]n(-c2ccc(OC)cc2)c(=O)c1C(C)=NCCc1ccccc1. The molecule has 0 saturated heterocycles. The number of aromatic nitrogens is 2. The summed E-state index contributed by atoms with van der Waals surface area (Å²) in [6.45, 7) is 2.33. The number of rotatable bonds is 8. The van der Waals surface area contributed by atoms with Gasteiger partial charge in [0.1, 0.15) is 5.75 Å². The molecule has 2 aromatic carbocycles. The van der Waals surface area contributed by atoms with Gasteiger partial charge in [-0.05, 0) is 43.2 Å². The van der Waals surface area contributed by atoms with Gasteiger partial charge in [-0.1, -0.05) is 30.3 Å². The summed E-state index contributed by atoms with van der Waals surface area (Å²) in [6.07, 6.45) is 0.720. The fourth-order valence-electron chi connectivity index (χ4n) is 3.19. The van der Waals surface area contributed by atoms with E-state index in [0.29, 0.717) is 35.0 Å². The molecule has 0 radical (unpaired) electrons. The lowest BCUT2D eigenvalue weighted by molar-refractivity contribution is -0.139. The summed E-state index contributed by atoms with van der Waals surface area (Å²) in [6, 6.07) is 17.1. The van der Waals surface area contributed by atoms with E-state index in [2.05, 4.69) is 10.1 Å². The first kappa shape index (κ1) is 21.1. The van der Waals surface area contributed by atoms with E-state index in [1.807, 2.05) is 30.3 Å². The largest absolute Gasteiger partial charge is 0.497 e. The molecule has 0 aliphatic heterocycles. The molecular formula is C23H25N3O4. The number of aliphatic imine (C=N–C) groups is 1. The van der Waals surface area contributed by atoms with Gasteiger partial charge in [-0.3, -0.25) is 19.7 Å². The van der Waals surface area contributed by atoms with Gasteiger partial charge < -0.3 is 9.47 Å². The summed E-state index contributed by atoms with van der Waals surface area (Å²) in [4.78, 5) is 29.6. The van der Waals surface area contributed by atoms with Gasteiger partial charge in [0.05, 0.1) is 37.6 Å². The number of methoxy groups -OCH3 is 2. The Bertz CT molecular complexity index is 1080. The molecule has 0 spiro atoms. The molecule has 0 aliphatic carbocycles. The highest BCUT2D eigenvalue weighted by Gasteiger charge is 2.20. The smallest absolute Gasteiger partial charge is 0.311 e. The van der Waals surface area contributed by atoms with Crippen molar-refractivity contribution in [1.29, 1.82) is 0 Å². The van der Waals surface area contributed by atoms with Crippen LogP contribution in [0.5, 0.6) is 5.75 Å². The van der Waals surface area contributed by atoms with Crippen molar-refractivity contribution >= 4 is 11.7 Å². The van der Waals surface area contributed by atoms with Crippen molar-refractivity contribution in [2.75, 3.05) is 20.8 Å². The van der Waals surface area contributed by atoms with Crippen LogP contribution in [0.15, 0.2) is 64.4 Å². The summed E-state index contributed by atoms with van der Waals surface area (Å²) in [5.41, 5.74) is 3.00. The zero-order valence-electron chi connectivity index (χ0n) is 17.3. The number of esters is 1. The van der Waals surface area contributed by atoms with E-state index in [1.165, 1.54) is 17.4 Å². The Morgan fingerprint density at radius 3 is 2.40 bits per heavy atom. The summed E-state index contributed by atoms with van der Waals surface area (Å²) < 4.78 is 11.4. The van der Waals surface area contributed by atoms with Crippen LogP contribution in [-0.4, -0.2) is 42.2 Å². The summed E-state index contributed by atoms with van der Waals surface area (Å²) in [7, 11) is 2.90. The van der Waals surface area contributed by atoms with Crippen molar-refractivity contribution in [2.24, 2.45) is 4.99 Å². The number of ether oxygens (including phenoxy) is 2. The quantitative estimate of drug-likeness (QED) is 0.460. The van der Waals surface area contributed by atoms with Crippen LogP contribution in [0, 0.1) is 0 Å². The summed E-state index contributed by atoms with van der Waals surface area (Å²) in [5.74, 6) is 0.253. The molecule has 1 aromatic heterocycles. The number of hydrogen-bond acceptors (Lipinski definition) is 5. The number of aromatic amines is 1. The molecular weight excluding hydrogens is 382 g/mol. The van der Waals surface area contributed by atoms with Gasteiger partial charge in [0.25, 0.3) is 5.56 Å². The minimum absolute atomic E-state index is 0.0459. The van der Waals surface area contributed by atoms with E-state index >= 15 is 0 Å². The third kappa shape index (κ3) is 4.86. The minimum atomic E-state index is -0.434. The predicted molar refractivity (Wildman–Crippen MR) is 116 cm³/mol. The maximum atomic E-state index is 13.2. The summed E-state index contributed by atoms with van der Waals surface area (Å²) >= 11 is 0. The fourth-order valence-corrected chi connectivity index (χ4v) is 3.19. The number of nitrogens with zero attached hydrogens (tertiary/aromatic N) is 2. The Labute approximate surface area is 175 Å². The Kier molecular flexibility index (Phi) is 6.85. The second kappa shape index (κ2) is 9.73. The predicted octanol–water partition coefficient (Wildman–Crippen LogP) is 2.94. The highest BCUT2D eigenvalue weighted by molar-refractivity contribution is 6.00. The van der Waals surface area contributed by atoms with E-state index in [-0.39, 0.29) is 12.0 Å². The van der Waals surface area contributed by atoms with Crippen molar-refractivity contribution < 1.29 is 14.3 Å². The van der Waals surface area contributed by atoms with Crippen LogP contribution >= 0.6 is 0 Å². The lowest BCUT2D eigenvalue weighted by Crippen LogP contribution is -2.20. The normalized spacial score (nSPS) is 11.4. The van der Waals surface area contributed by atoms with Crippen molar-refractivity contribution in [3.63, 3.8) is 0 Å². The zero-order valence-corrected chi connectivity index (χ0v) is 17.3. The molecule has 1 heterocycles. The van der Waals surface area contributed by atoms with Crippen LogP contribution in [0.3, 0.4) is 0 Å². The second-order valence-electron chi connectivity index (χ2n) is 6.76. The van der Waals surface area contributed by atoms with Gasteiger partial charge >= 0.3 is 5.97 Å². The van der Waals surface area contributed by atoms with E-state index in [1.54, 1.807) is 38.3 Å². The average molecular weight is 407 g/mol. The average Bonchev–Trinajstić information content (AvgIpc) is 3.10. The number of carbonyl (C=O) groups excluding carboxylic acids is 1. The molecule has 30 heavy (non-hydrogen) atoms. The van der Waals surface area contributed by atoms with Crippen LogP contribution in [0.1, 0.15) is 23.7 Å². The molecule has 7 heteroatoms. The Morgan fingerprint density at radius 1 is 1.07 bits per heavy atom. The van der Waals surface area contributed by atoms with E-state index in [0.717, 1.165) is 6.42 Å². The van der Waals surface area contributed by atoms with Crippen LogP contribution in [0.25, 0.3) is 5.69 Å². The highest BCUT2D eigenvalue weighted by atomic mass is 16.5. The minimum Gasteiger partial charge on any atom is -0.497 e. The standard InChI is InChI=1S/C23H25N3O4/c1-16(24-14-13-17-7-5-4-6-8-17)22-20(15-21(27)30-3)25-26(23(22)28)18-9-11-19(29-2)12-10-18/h4-12,25H,13-15H2,1-3H3. The Hall–Kier alpha value is -3.61. The van der Waals surface area contributed by atoms with Crippen molar-refractivity contribution in [1.82, 2.24) is 9.78 Å². The lowest BCUT2D eigenvalue weighted by atomic mass is 10.1. The van der Waals surface area contributed by atoms with E-state index < -0.39 is 5.97 Å². The number of nitrogens with one attached hydrogen (secondary N) is 1. The Balaban J connectivity index is 1.93. The molecule has 0 bridgehead atoms. The second-order valence-corrected chi connectivity index (χ2v) is 6.76. The van der Waals surface area contributed by atoms with Gasteiger partial charge in [0, 0.05) is 12.3 Å². The van der Waals surface area contributed by atoms with Gasteiger partial charge in [-0.2, -0.15) is 0 Å². The maximum absolute atomic E-state index is 13.2. The monoisotopic (exact) mass is 407 g/mol. The first-order valence-corrected chi connectivity index (χ1v) is 9.64. The van der Waals surface area contributed by atoms with Crippen LogP contribution in [0.2, 0.25) is 0 Å². The maximum Gasteiger partial charge on any atom is 0.311 e. The van der Waals surface area contributed by atoms with Crippen LogP contribution in [-0.2, 0) is 22.4 Å². The fraction of sp³-hybridized carbons (Fsp3) is 0.261. The number of H-pyrrole nitrogens is 1. The van der Waals surface area contributed by atoms with Gasteiger partial charge in [0.15, 0.2) is 0 Å². The molecule has 3 rings (SSSR count). The van der Waals surface area contributed by atoms with Crippen molar-refractivity contribution in [2.45, 2.75) is 19.8 Å². The molecule has 0 atom stereocenters.